The fraction of sp³-hybridized carbons (Fsp3) is 0.346. The van der Waals surface area contributed by atoms with Gasteiger partial charge in [0.25, 0.3) is 0 Å². The number of pyridine rings is 1. The summed E-state index contributed by atoms with van der Waals surface area (Å²) in [5.74, 6) is 1.37. The molecule has 2 heterocycles. The summed E-state index contributed by atoms with van der Waals surface area (Å²) >= 11 is 11.9. The third-order valence-electron chi connectivity index (χ3n) is 5.77. The van der Waals surface area contributed by atoms with Crippen LogP contribution in [0.5, 0.6) is 17.2 Å². The van der Waals surface area contributed by atoms with Gasteiger partial charge in [0, 0.05) is 17.7 Å². The molecule has 4 rings (SSSR count). The molecule has 0 saturated heterocycles. The van der Waals surface area contributed by atoms with Crippen LogP contribution in [0.1, 0.15) is 28.4 Å². The van der Waals surface area contributed by atoms with Gasteiger partial charge >= 0.3 is 0 Å². The Hall–Kier alpha value is -2.59. The van der Waals surface area contributed by atoms with E-state index in [1.54, 1.807) is 24.3 Å². The fourth-order valence-corrected chi connectivity index (χ4v) is 4.17. The molecule has 36 heavy (non-hydrogen) atoms. The van der Waals surface area contributed by atoms with Gasteiger partial charge in [0.1, 0.15) is 22.7 Å². The van der Waals surface area contributed by atoms with E-state index >= 15 is 0 Å². The minimum atomic E-state index is -0.754. The van der Waals surface area contributed by atoms with E-state index in [4.69, 9.17) is 37.4 Å². The third-order valence-corrected chi connectivity index (χ3v) is 6.30. The van der Waals surface area contributed by atoms with E-state index in [1.807, 2.05) is 18.2 Å². The molecule has 1 aliphatic rings. The van der Waals surface area contributed by atoms with Crippen LogP contribution < -0.4 is 14.8 Å². The summed E-state index contributed by atoms with van der Waals surface area (Å²) in [6.45, 7) is 1.70. The summed E-state index contributed by atoms with van der Waals surface area (Å²) in [5, 5.41) is 33.2. The maximum Gasteiger partial charge on any atom is 0.162 e. The second-order valence-electron chi connectivity index (χ2n) is 8.45. The van der Waals surface area contributed by atoms with Crippen LogP contribution in [-0.4, -0.2) is 52.7 Å². The van der Waals surface area contributed by atoms with Crippen molar-refractivity contribution in [2.45, 2.75) is 31.8 Å². The highest BCUT2D eigenvalue weighted by Crippen LogP contribution is 2.33. The van der Waals surface area contributed by atoms with Gasteiger partial charge in [0.05, 0.1) is 25.9 Å². The molecule has 0 radical (unpaired) electrons. The number of halogens is 2. The highest BCUT2D eigenvalue weighted by Gasteiger charge is 2.22. The van der Waals surface area contributed by atoms with Crippen LogP contribution >= 0.6 is 23.2 Å². The number of nitrogens with zero attached hydrogens (tertiary/aromatic N) is 1. The average molecular weight is 535 g/mol. The monoisotopic (exact) mass is 534 g/mol. The number of aliphatic hydroxyl groups excluding tert-OH is 2. The zero-order valence-electron chi connectivity index (χ0n) is 19.5. The number of hydrogen-bond donors (Lipinski definition) is 4. The van der Waals surface area contributed by atoms with Gasteiger partial charge in [0.15, 0.2) is 17.6 Å². The van der Waals surface area contributed by atoms with Crippen molar-refractivity contribution in [3.8, 4) is 17.2 Å². The topological polar surface area (TPSA) is 113 Å². The summed E-state index contributed by atoms with van der Waals surface area (Å²) in [5.41, 5.74) is 2.83. The van der Waals surface area contributed by atoms with Crippen LogP contribution in [0.2, 0.25) is 10.3 Å². The molecule has 0 bridgehead atoms. The summed E-state index contributed by atoms with van der Waals surface area (Å²) in [6, 6.07) is 14.0. The molecular formula is C26H28Cl2N2O6. The van der Waals surface area contributed by atoms with Gasteiger partial charge < -0.3 is 34.8 Å². The van der Waals surface area contributed by atoms with Gasteiger partial charge in [-0.1, -0.05) is 41.4 Å². The third kappa shape index (κ3) is 7.00. The Morgan fingerprint density at radius 2 is 1.94 bits per heavy atom. The van der Waals surface area contributed by atoms with Crippen molar-refractivity contribution in [2.24, 2.45) is 0 Å². The zero-order chi connectivity index (χ0) is 25.5. The molecule has 0 amide bonds. The van der Waals surface area contributed by atoms with E-state index in [-0.39, 0.29) is 18.5 Å². The molecule has 2 unspecified atom stereocenters. The number of aromatic hydroxyl groups is 1. The van der Waals surface area contributed by atoms with Gasteiger partial charge in [-0.05, 0) is 54.4 Å². The Morgan fingerprint density at radius 1 is 1.08 bits per heavy atom. The molecular weight excluding hydrogens is 507 g/mol. The Bertz CT molecular complexity index is 1180. The van der Waals surface area contributed by atoms with E-state index in [9.17, 15) is 15.3 Å². The average Bonchev–Trinajstić information content (AvgIpc) is 2.88. The predicted octanol–water partition coefficient (Wildman–Crippen LogP) is 3.81. The lowest BCUT2D eigenvalue weighted by molar-refractivity contribution is 0.00262. The van der Waals surface area contributed by atoms with Crippen molar-refractivity contribution < 1.29 is 29.5 Å². The van der Waals surface area contributed by atoms with Crippen LogP contribution in [0.3, 0.4) is 0 Å². The first-order chi connectivity index (χ1) is 17.4. The van der Waals surface area contributed by atoms with Crippen LogP contribution in [0, 0.1) is 0 Å². The molecule has 1 aromatic heterocycles. The highest BCUT2D eigenvalue weighted by atomic mass is 35.5. The number of hydrogen-bond acceptors (Lipinski definition) is 8. The first-order valence-electron chi connectivity index (χ1n) is 11.6. The SMILES string of the molecule is OCc1cc(C(O)CNCCc2ccc3c(c2)OC(COCc2ccc(Cl)nc2Cl)CO3)ccc1O. The lowest BCUT2D eigenvalue weighted by atomic mass is 10.1. The van der Waals surface area contributed by atoms with Gasteiger partial charge in [-0.3, -0.25) is 0 Å². The molecule has 10 heteroatoms. The van der Waals surface area contributed by atoms with Gasteiger partial charge in [0.2, 0.25) is 0 Å². The molecule has 2 aromatic carbocycles. The molecule has 192 valence electrons. The summed E-state index contributed by atoms with van der Waals surface area (Å²) in [6.07, 6.45) is -0.283. The summed E-state index contributed by atoms with van der Waals surface area (Å²) in [4.78, 5) is 4.00. The first-order valence-corrected chi connectivity index (χ1v) is 12.3. The molecule has 2 atom stereocenters. The smallest absolute Gasteiger partial charge is 0.162 e. The predicted molar refractivity (Wildman–Crippen MR) is 136 cm³/mol. The van der Waals surface area contributed by atoms with Gasteiger partial charge in [-0.15, -0.1) is 0 Å². The molecule has 0 fully saturated rings. The minimum Gasteiger partial charge on any atom is -0.508 e. The Labute approximate surface area is 219 Å². The van der Waals surface area contributed by atoms with Crippen LogP contribution in [0.4, 0.5) is 0 Å². The quantitative estimate of drug-likeness (QED) is 0.217. The van der Waals surface area contributed by atoms with E-state index in [0.29, 0.717) is 65.8 Å². The summed E-state index contributed by atoms with van der Waals surface area (Å²) in [7, 11) is 0. The minimum absolute atomic E-state index is 0.0112. The molecule has 4 N–H and O–H groups in total. The zero-order valence-corrected chi connectivity index (χ0v) is 21.0. The molecule has 0 spiro atoms. The van der Waals surface area contributed by atoms with Crippen LogP contribution in [0.25, 0.3) is 0 Å². The maximum absolute atomic E-state index is 10.4. The van der Waals surface area contributed by atoms with Gasteiger partial charge in [-0.2, -0.15) is 0 Å². The number of ether oxygens (including phenoxy) is 3. The first kappa shape index (κ1) is 26.5. The van der Waals surface area contributed by atoms with Gasteiger partial charge in [-0.25, -0.2) is 4.98 Å². The Balaban J connectivity index is 1.22. The maximum atomic E-state index is 10.4. The lowest BCUT2D eigenvalue weighted by Crippen LogP contribution is -2.33. The number of aromatic nitrogens is 1. The second-order valence-corrected chi connectivity index (χ2v) is 9.19. The standard InChI is InChI=1S/C26H28Cl2N2O6/c27-25-6-3-18(26(28)30-25)13-34-14-20-15-35-23-5-1-16(9-24(23)36-20)7-8-29-11-22(33)17-2-4-21(32)19(10-17)12-31/h1-6,9-10,20,22,29,31-33H,7-8,11-15H2. The number of benzene rings is 2. The molecule has 1 aliphatic heterocycles. The summed E-state index contributed by atoms with van der Waals surface area (Å²) < 4.78 is 17.6. The van der Waals surface area contributed by atoms with E-state index in [0.717, 1.165) is 17.5 Å². The van der Waals surface area contributed by atoms with Crippen molar-refractivity contribution in [1.29, 1.82) is 0 Å². The van der Waals surface area contributed by atoms with E-state index in [1.165, 1.54) is 6.07 Å². The molecule has 0 aliphatic carbocycles. The van der Waals surface area contributed by atoms with Crippen molar-refractivity contribution in [3.05, 3.63) is 81.1 Å². The lowest BCUT2D eigenvalue weighted by Gasteiger charge is -2.27. The Kier molecular flexibility index (Phi) is 9.25. The largest absolute Gasteiger partial charge is 0.508 e. The van der Waals surface area contributed by atoms with Crippen molar-refractivity contribution >= 4 is 23.2 Å². The number of aliphatic hydroxyl groups is 2. The van der Waals surface area contributed by atoms with Crippen molar-refractivity contribution in [1.82, 2.24) is 10.3 Å². The van der Waals surface area contributed by atoms with Crippen LogP contribution in [-0.2, 0) is 24.4 Å². The Morgan fingerprint density at radius 3 is 2.75 bits per heavy atom. The second kappa shape index (κ2) is 12.6. The fourth-order valence-electron chi connectivity index (χ4n) is 3.78. The number of nitrogens with one attached hydrogen (secondary N) is 1. The molecule has 8 nitrogen and oxygen atoms in total. The van der Waals surface area contributed by atoms with E-state index < -0.39 is 6.10 Å². The normalized spacial score (nSPS) is 15.6. The number of phenols is 1. The number of fused-ring (bicyclic) bond motifs is 1. The van der Waals surface area contributed by atoms with E-state index in [2.05, 4.69) is 10.3 Å². The highest BCUT2D eigenvalue weighted by molar-refractivity contribution is 6.32. The van der Waals surface area contributed by atoms with Crippen molar-refractivity contribution in [2.75, 3.05) is 26.3 Å². The van der Waals surface area contributed by atoms with Crippen molar-refractivity contribution in [3.63, 3.8) is 0 Å². The molecule has 3 aromatic rings. The number of rotatable bonds is 11. The molecule has 0 saturated carbocycles. The van der Waals surface area contributed by atoms with Crippen LogP contribution in [0.15, 0.2) is 48.5 Å².